The number of hydrogen-bond donors (Lipinski definition) is 0. The summed E-state index contributed by atoms with van der Waals surface area (Å²) in [6, 6.07) is 23.8. The zero-order valence-electron chi connectivity index (χ0n) is 17.8. The SMILES string of the molecule is COc1ccccc1CN(Cc1cccs1)C(=O)c1ccc(SCc2cccnc2)cc1. The number of carbonyl (C=O) groups is 1. The molecule has 2 aromatic carbocycles. The van der Waals surface area contributed by atoms with Gasteiger partial charge in [-0.05, 0) is 53.4 Å². The van der Waals surface area contributed by atoms with Crippen LogP contribution in [0, 0.1) is 0 Å². The lowest BCUT2D eigenvalue weighted by atomic mass is 10.1. The van der Waals surface area contributed by atoms with Gasteiger partial charge in [-0.1, -0.05) is 30.3 Å². The van der Waals surface area contributed by atoms with Crippen molar-refractivity contribution in [2.75, 3.05) is 7.11 Å². The minimum atomic E-state index is 0.00751. The van der Waals surface area contributed by atoms with Gasteiger partial charge in [-0.2, -0.15) is 0 Å². The Balaban J connectivity index is 1.49. The van der Waals surface area contributed by atoms with Gasteiger partial charge in [-0.3, -0.25) is 9.78 Å². The molecule has 4 rings (SSSR count). The van der Waals surface area contributed by atoms with E-state index in [2.05, 4.69) is 17.1 Å². The number of nitrogens with zero attached hydrogens (tertiary/aromatic N) is 2. The van der Waals surface area contributed by atoms with E-state index < -0.39 is 0 Å². The Kier molecular flexibility index (Phi) is 7.59. The second-order valence-corrected chi connectivity index (χ2v) is 9.31. The van der Waals surface area contributed by atoms with Crippen molar-refractivity contribution in [2.45, 2.75) is 23.7 Å². The summed E-state index contributed by atoms with van der Waals surface area (Å²) in [6.45, 7) is 1.05. The molecule has 2 aromatic heterocycles. The largest absolute Gasteiger partial charge is 0.496 e. The number of aromatic nitrogens is 1. The quantitative estimate of drug-likeness (QED) is 0.275. The first kappa shape index (κ1) is 22.1. The van der Waals surface area contributed by atoms with Gasteiger partial charge in [0.05, 0.1) is 20.2 Å². The Bertz CT molecular complexity index is 1130. The molecule has 0 N–H and O–H groups in total. The van der Waals surface area contributed by atoms with Crippen molar-refractivity contribution < 1.29 is 9.53 Å². The van der Waals surface area contributed by atoms with Crippen LogP contribution in [0.4, 0.5) is 0 Å². The molecule has 0 aliphatic heterocycles. The molecule has 0 unspecified atom stereocenters. The third kappa shape index (κ3) is 5.78. The molecule has 162 valence electrons. The highest BCUT2D eigenvalue weighted by molar-refractivity contribution is 7.98. The molecule has 32 heavy (non-hydrogen) atoms. The molecule has 4 nitrogen and oxygen atoms in total. The van der Waals surface area contributed by atoms with Crippen molar-refractivity contribution in [3.8, 4) is 5.75 Å². The topological polar surface area (TPSA) is 42.4 Å². The van der Waals surface area contributed by atoms with Gasteiger partial charge in [-0.15, -0.1) is 23.1 Å². The van der Waals surface area contributed by atoms with Gasteiger partial charge in [0.2, 0.25) is 0 Å². The van der Waals surface area contributed by atoms with E-state index >= 15 is 0 Å². The number of benzene rings is 2. The molecule has 2 heterocycles. The van der Waals surface area contributed by atoms with Gasteiger partial charge in [-0.25, -0.2) is 0 Å². The van der Waals surface area contributed by atoms with E-state index in [0.29, 0.717) is 18.7 Å². The fourth-order valence-corrected chi connectivity index (χ4v) is 4.91. The molecule has 0 radical (unpaired) electrons. The summed E-state index contributed by atoms with van der Waals surface area (Å²) in [6.07, 6.45) is 3.66. The average molecular weight is 461 g/mol. The lowest BCUT2D eigenvalue weighted by Gasteiger charge is -2.23. The Morgan fingerprint density at radius 2 is 1.84 bits per heavy atom. The third-order valence-electron chi connectivity index (χ3n) is 5.00. The summed E-state index contributed by atoms with van der Waals surface area (Å²) in [5.41, 5.74) is 2.85. The molecule has 0 spiro atoms. The van der Waals surface area contributed by atoms with E-state index in [0.717, 1.165) is 26.8 Å². The monoisotopic (exact) mass is 460 g/mol. The zero-order valence-corrected chi connectivity index (χ0v) is 19.4. The van der Waals surface area contributed by atoms with Crippen molar-refractivity contribution in [1.82, 2.24) is 9.88 Å². The first-order chi connectivity index (χ1) is 15.7. The number of thioether (sulfide) groups is 1. The number of amides is 1. The minimum Gasteiger partial charge on any atom is -0.496 e. The van der Waals surface area contributed by atoms with Crippen LogP contribution in [0.2, 0.25) is 0 Å². The van der Waals surface area contributed by atoms with E-state index in [4.69, 9.17) is 4.74 Å². The Morgan fingerprint density at radius 3 is 2.56 bits per heavy atom. The molecular weight excluding hydrogens is 436 g/mol. The number of rotatable bonds is 9. The highest BCUT2D eigenvalue weighted by atomic mass is 32.2. The van der Waals surface area contributed by atoms with Crippen LogP contribution < -0.4 is 4.74 Å². The van der Waals surface area contributed by atoms with E-state index in [1.807, 2.05) is 77.1 Å². The smallest absolute Gasteiger partial charge is 0.254 e. The van der Waals surface area contributed by atoms with Crippen molar-refractivity contribution in [1.29, 1.82) is 0 Å². The van der Waals surface area contributed by atoms with Crippen LogP contribution >= 0.6 is 23.1 Å². The Hall–Kier alpha value is -3.09. The van der Waals surface area contributed by atoms with Crippen LogP contribution in [-0.2, 0) is 18.8 Å². The van der Waals surface area contributed by atoms with E-state index in [1.54, 1.807) is 36.4 Å². The van der Waals surface area contributed by atoms with Crippen LogP contribution in [0.15, 0.2) is 95.5 Å². The number of thiophene rings is 1. The van der Waals surface area contributed by atoms with Gasteiger partial charge in [0.15, 0.2) is 0 Å². The highest BCUT2D eigenvalue weighted by Gasteiger charge is 2.19. The maximum Gasteiger partial charge on any atom is 0.254 e. The lowest BCUT2D eigenvalue weighted by Crippen LogP contribution is -2.30. The van der Waals surface area contributed by atoms with E-state index in [9.17, 15) is 4.79 Å². The first-order valence-corrected chi connectivity index (χ1v) is 12.1. The summed E-state index contributed by atoms with van der Waals surface area (Å²) < 4.78 is 5.50. The summed E-state index contributed by atoms with van der Waals surface area (Å²) >= 11 is 3.39. The summed E-state index contributed by atoms with van der Waals surface area (Å²) in [5, 5.41) is 2.04. The van der Waals surface area contributed by atoms with Crippen molar-refractivity contribution in [2.24, 2.45) is 0 Å². The molecule has 6 heteroatoms. The van der Waals surface area contributed by atoms with Crippen molar-refractivity contribution in [3.63, 3.8) is 0 Å². The van der Waals surface area contributed by atoms with Crippen LogP contribution in [0.5, 0.6) is 5.75 Å². The average Bonchev–Trinajstić information content (AvgIpc) is 3.36. The third-order valence-corrected chi connectivity index (χ3v) is 6.94. The van der Waals surface area contributed by atoms with Gasteiger partial charge < -0.3 is 9.64 Å². The summed E-state index contributed by atoms with van der Waals surface area (Å²) in [5.74, 6) is 1.64. The fraction of sp³-hybridized carbons (Fsp3) is 0.154. The van der Waals surface area contributed by atoms with Crippen LogP contribution in [0.25, 0.3) is 0 Å². The van der Waals surface area contributed by atoms with E-state index in [-0.39, 0.29) is 5.91 Å². The van der Waals surface area contributed by atoms with Gasteiger partial charge in [0, 0.05) is 39.0 Å². The number of para-hydroxylation sites is 1. The fourth-order valence-electron chi connectivity index (χ4n) is 3.36. The highest BCUT2D eigenvalue weighted by Crippen LogP contribution is 2.25. The van der Waals surface area contributed by atoms with Gasteiger partial charge in [0.1, 0.15) is 5.75 Å². The molecule has 0 fully saturated rings. The number of pyridine rings is 1. The summed E-state index contributed by atoms with van der Waals surface area (Å²) in [4.78, 5) is 21.8. The Labute approximate surface area is 196 Å². The maximum absolute atomic E-state index is 13.4. The molecule has 0 saturated carbocycles. The van der Waals surface area contributed by atoms with Crippen LogP contribution in [0.3, 0.4) is 0 Å². The van der Waals surface area contributed by atoms with Crippen molar-refractivity contribution in [3.05, 3.63) is 112 Å². The lowest BCUT2D eigenvalue weighted by molar-refractivity contribution is 0.0730. The normalized spacial score (nSPS) is 10.7. The predicted octanol–water partition coefficient (Wildman–Crippen LogP) is 6.29. The predicted molar refractivity (Wildman–Crippen MR) is 131 cm³/mol. The molecule has 0 saturated heterocycles. The van der Waals surface area contributed by atoms with Crippen molar-refractivity contribution >= 4 is 29.0 Å². The number of methoxy groups -OCH3 is 1. The standard InChI is InChI=1S/C26H24N2O2S2/c1-30-25-9-3-2-7-22(25)17-28(18-24-8-5-15-31-24)26(29)21-10-12-23(13-11-21)32-19-20-6-4-14-27-16-20/h2-16H,17-19H2,1H3. The Morgan fingerprint density at radius 1 is 1.00 bits per heavy atom. The van der Waals surface area contributed by atoms with Crippen LogP contribution in [-0.4, -0.2) is 22.9 Å². The van der Waals surface area contributed by atoms with E-state index in [1.165, 1.54) is 5.56 Å². The number of carbonyl (C=O) groups excluding carboxylic acids is 1. The minimum absolute atomic E-state index is 0.00751. The number of hydrogen-bond acceptors (Lipinski definition) is 5. The summed E-state index contributed by atoms with van der Waals surface area (Å²) in [7, 11) is 1.66. The first-order valence-electron chi connectivity index (χ1n) is 10.3. The molecule has 0 aliphatic carbocycles. The van der Waals surface area contributed by atoms with Gasteiger partial charge in [0.25, 0.3) is 5.91 Å². The molecule has 0 aliphatic rings. The molecule has 4 aromatic rings. The molecular formula is C26H24N2O2S2. The maximum atomic E-state index is 13.4. The second kappa shape index (κ2) is 11.0. The second-order valence-electron chi connectivity index (χ2n) is 7.23. The molecule has 0 atom stereocenters. The molecule has 0 bridgehead atoms. The van der Waals surface area contributed by atoms with Gasteiger partial charge >= 0.3 is 0 Å². The zero-order chi connectivity index (χ0) is 22.2. The van der Waals surface area contributed by atoms with Crippen LogP contribution in [0.1, 0.15) is 26.4 Å². The number of ether oxygens (including phenoxy) is 1. The molecule has 1 amide bonds.